The third-order valence-corrected chi connectivity index (χ3v) is 15.9. The van der Waals surface area contributed by atoms with Crippen molar-refractivity contribution in [2.24, 2.45) is 0 Å². The van der Waals surface area contributed by atoms with Gasteiger partial charge in [0.2, 0.25) is 5.91 Å². The standard InChI is InChI=1S/C71H133NO5/c1-3-5-7-9-11-13-15-17-19-21-22-23-24-26-29-32-35-39-43-47-51-55-59-63-69(74)68(67-73)72-70(75)64-60-56-52-48-44-40-36-33-30-27-25-28-31-34-38-42-46-50-54-58-62-66-77-71(76)65-61-57-53-49-45-41-37-20-18-16-14-12-10-8-6-4-2/h14,16,20,37,42,46,54,58,68-69,73-74H,3-13,15,17-19,21-36,38-41,43-45,47-53,55-57,59-67H2,1-2H3,(H,72,75)/b16-14-,37-20-,46-42-,58-54-. The van der Waals surface area contributed by atoms with Gasteiger partial charge in [0.25, 0.3) is 0 Å². The minimum Gasteiger partial charge on any atom is -0.465 e. The van der Waals surface area contributed by atoms with Crippen LogP contribution in [-0.2, 0) is 14.3 Å². The van der Waals surface area contributed by atoms with Crippen molar-refractivity contribution in [2.45, 2.75) is 379 Å². The molecule has 0 aromatic carbocycles. The van der Waals surface area contributed by atoms with Crippen LogP contribution in [0.3, 0.4) is 0 Å². The first-order chi connectivity index (χ1) is 38.0. The van der Waals surface area contributed by atoms with Crippen LogP contribution in [0.15, 0.2) is 48.6 Å². The minimum atomic E-state index is -0.670. The zero-order valence-corrected chi connectivity index (χ0v) is 51.7. The Balaban J connectivity index is 3.46. The monoisotopic (exact) mass is 1080 g/mol. The second kappa shape index (κ2) is 66.3. The molecule has 1 amide bonds. The molecule has 452 valence electrons. The number of aliphatic hydroxyl groups excluding tert-OH is 2. The summed E-state index contributed by atoms with van der Waals surface area (Å²) < 4.78 is 5.42. The van der Waals surface area contributed by atoms with E-state index in [0.717, 1.165) is 64.2 Å². The molecule has 0 aliphatic rings. The SMILES string of the molecule is CCCCCC/C=C\C/C=C\CCCCCCCC(=O)OCC/C=C\C/C=C\CCCCCCCCCCCCCCCCC(=O)NC(CO)C(O)CCCCCCCCCCCCCCCCCCCCCCCCC. The summed E-state index contributed by atoms with van der Waals surface area (Å²) in [5, 5.41) is 23.4. The number of allylic oxidation sites excluding steroid dienone is 7. The summed E-state index contributed by atoms with van der Waals surface area (Å²) in [6.07, 6.45) is 85.9. The molecule has 0 aromatic rings. The van der Waals surface area contributed by atoms with E-state index in [0.29, 0.717) is 25.9 Å². The molecule has 2 unspecified atom stereocenters. The summed E-state index contributed by atoms with van der Waals surface area (Å²) in [7, 11) is 0. The van der Waals surface area contributed by atoms with E-state index in [4.69, 9.17) is 4.74 Å². The topological polar surface area (TPSA) is 95.9 Å². The summed E-state index contributed by atoms with van der Waals surface area (Å²) in [6, 6.07) is -0.548. The van der Waals surface area contributed by atoms with E-state index in [9.17, 15) is 19.8 Å². The lowest BCUT2D eigenvalue weighted by Gasteiger charge is -2.22. The van der Waals surface area contributed by atoms with Crippen LogP contribution in [0.5, 0.6) is 0 Å². The summed E-state index contributed by atoms with van der Waals surface area (Å²) in [4.78, 5) is 24.6. The van der Waals surface area contributed by atoms with E-state index in [1.165, 1.54) is 270 Å². The van der Waals surface area contributed by atoms with Crippen LogP contribution in [0.25, 0.3) is 0 Å². The molecule has 0 fully saturated rings. The predicted molar refractivity (Wildman–Crippen MR) is 338 cm³/mol. The molecule has 77 heavy (non-hydrogen) atoms. The molecule has 6 heteroatoms. The molecule has 3 N–H and O–H groups in total. The molecule has 0 saturated heterocycles. The maximum absolute atomic E-state index is 12.5. The van der Waals surface area contributed by atoms with Crippen LogP contribution in [0, 0.1) is 0 Å². The van der Waals surface area contributed by atoms with E-state index < -0.39 is 12.1 Å². The largest absolute Gasteiger partial charge is 0.465 e. The number of rotatable bonds is 64. The first kappa shape index (κ1) is 74.8. The number of nitrogens with one attached hydrogen (secondary N) is 1. The second-order valence-corrected chi connectivity index (χ2v) is 23.5. The van der Waals surface area contributed by atoms with Crippen molar-refractivity contribution in [3.63, 3.8) is 0 Å². The van der Waals surface area contributed by atoms with Gasteiger partial charge in [-0.3, -0.25) is 9.59 Å². The number of amides is 1. The normalized spacial score (nSPS) is 12.8. The maximum Gasteiger partial charge on any atom is 0.305 e. The summed E-state index contributed by atoms with van der Waals surface area (Å²) in [6.45, 7) is 4.85. The Morgan fingerprint density at radius 1 is 0.364 bits per heavy atom. The number of aliphatic hydroxyl groups is 2. The Bertz CT molecular complexity index is 1290. The van der Waals surface area contributed by atoms with Gasteiger partial charge in [-0.1, -0.05) is 326 Å². The summed E-state index contributed by atoms with van der Waals surface area (Å²) in [5.74, 6) is -0.0849. The second-order valence-electron chi connectivity index (χ2n) is 23.5. The molecule has 0 aliphatic carbocycles. The fourth-order valence-electron chi connectivity index (χ4n) is 10.6. The van der Waals surface area contributed by atoms with E-state index in [-0.39, 0.29) is 18.5 Å². The van der Waals surface area contributed by atoms with Crippen LogP contribution in [0.4, 0.5) is 0 Å². The van der Waals surface area contributed by atoms with E-state index in [1.54, 1.807) is 0 Å². The van der Waals surface area contributed by atoms with Crippen LogP contribution >= 0.6 is 0 Å². The molecule has 0 rings (SSSR count). The van der Waals surface area contributed by atoms with Crippen molar-refractivity contribution in [3.05, 3.63) is 48.6 Å². The van der Waals surface area contributed by atoms with Gasteiger partial charge in [-0.05, 0) is 77.0 Å². The lowest BCUT2D eigenvalue weighted by Crippen LogP contribution is -2.45. The molecule has 0 spiro atoms. The van der Waals surface area contributed by atoms with Gasteiger partial charge in [-0.2, -0.15) is 0 Å². The molecule has 0 bridgehead atoms. The van der Waals surface area contributed by atoms with Crippen LogP contribution in [0.1, 0.15) is 367 Å². The van der Waals surface area contributed by atoms with Crippen molar-refractivity contribution in [1.29, 1.82) is 0 Å². The Hall–Kier alpha value is -2.18. The van der Waals surface area contributed by atoms with Crippen molar-refractivity contribution < 1.29 is 24.5 Å². The number of esters is 1. The molecule has 6 nitrogen and oxygen atoms in total. The van der Waals surface area contributed by atoms with Gasteiger partial charge in [0.05, 0.1) is 25.4 Å². The van der Waals surface area contributed by atoms with Crippen LogP contribution < -0.4 is 5.32 Å². The number of ether oxygens (including phenoxy) is 1. The van der Waals surface area contributed by atoms with Crippen LogP contribution in [0.2, 0.25) is 0 Å². The predicted octanol–water partition coefficient (Wildman–Crippen LogP) is 22.1. The smallest absolute Gasteiger partial charge is 0.305 e. The van der Waals surface area contributed by atoms with Gasteiger partial charge in [-0.25, -0.2) is 0 Å². The van der Waals surface area contributed by atoms with Gasteiger partial charge in [0.1, 0.15) is 0 Å². The maximum atomic E-state index is 12.5. The van der Waals surface area contributed by atoms with Gasteiger partial charge in [0, 0.05) is 12.8 Å². The quantitative estimate of drug-likeness (QED) is 0.0320. The average Bonchev–Trinajstić information content (AvgIpc) is 3.43. The summed E-state index contributed by atoms with van der Waals surface area (Å²) in [5.41, 5.74) is 0. The number of unbranched alkanes of at least 4 members (excludes halogenated alkanes) is 45. The van der Waals surface area contributed by atoms with E-state index in [1.807, 2.05) is 0 Å². The molecule has 0 saturated carbocycles. The minimum absolute atomic E-state index is 0.0367. The summed E-state index contributed by atoms with van der Waals surface area (Å²) >= 11 is 0. The fourth-order valence-corrected chi connectivity index (χ4v) is 10.6. The van der Waals surface area contributed by atoms with E-state index >= 15 is 0 Å². The number of carbonyl (C=O) groups is 2. The highest BCUT2D eigenvalue weighted by Crippen LogP contribution is 2.18. The first-order valence-electron chi connectivity index (χ1n) is 34.4. The van der Waals surface area contributed by atoms with Crippen molar-refractivity contribution >= 4 is 11.9 Å². The third kappa shape index (κ3) is 62.9. The molecular formula is C71H133NO5. The van der Waals surface area contributed by atoms with Gasteiger partial charge in [-0.15, -0.1) is 0 Å². The number of hydrogen-bond acceptors (Lipinski definition) is 5. The van der Waals surface area contributed by atoms with E-state index in [2.05, 4.69) is 67.8 Å². The third-order valence-electron chi connectivity index (χ3n) is 15.9. The highest BCUT2D eigenvalue weighted by Gasteiger charge is 2.20. The first-order valence-corrected chi connectivity index (χ1v) is 34.4. The Kier molecular flexibility index (Phi) is 64.5. The lowest BCUT2D eigenvalue weighted by molar-refractivity contribution is -0.143. The zero-order chi connectivity index (χ0) is 55.7. The molecule has 0 radical (unpaired) electrons. The Morgan fingerprint density at radius 3 is 1.00 bits per heavy atom. The Labute approximate surface area is 480 Å². The van der Waals surface area contributed by atoms with Crippen LogP contribution in [-0.4, -0.2) is 47.4 Å². The molecule has 0 aliphatic heterocycles. The highest BCUT2D eigenvalue weighted by atomic mass is 16.5. The van der Waals surface area contributed by atoms with Crippen molar-refractivity contribution in [3.8, 4) is 0 Å². The van der Waals surface area contributed by atoms with Gasteiger partial charge < -0.3 is 20.3 Å². The fraction of sp³-hybridized carbons (Fsp3) is 0.859. The number of carbonyl (C=O) groups excluding carboxylic acids is 2. The highest BCUT2D eigenvalue weighted by molar-refractivity contribution is 5.76. The van der Waals surface area contributed by atoms with Gasteiger partial charge >= 0.3 is 5.97 Å². The lowest BCUT2D eigenvalue weighted by atomic mass is 10.0. The van der Waals surface area contributed by atoms with Crippen molar-refractivity contribution in [2.75, 3.05) is 13.2 Å². The number of hydrogen-bond donors (Lipinski definition) is 3. The molecule has 0 aromatic heterocycles. The molecule has 0 heterocycles. The van der Waals surface area contributed by atoms with Gasteiger partial charge in [0.15, 0.2) is 0 Å². The zero-order valence-electron chi connectivity index (χ0n) is 51.7. The molecule has 2 atom stereocenters. The molecular weight excluding hydrogens is 947 g/mol. The Morgan fingerprint density at radius 2 is 0.649 bits per heavy atom. The van der Waals surface area contributed by atoms with Crippen molar-refractivity contribution in [1.82, 2.24) is 5.32 Å². The average molecular weight is 1080 g/mol.